The third-order valence-electron chi connectivity index (χ3n) is 3.25. The van der Waals surface area contributed by atoms with Crippen molar-refractivity contribution < 1.29 is 18.7 Å². The number of ether oxygens (including phenoxy) is 3. The smallest absolute Gasteiger partial charge is 0.229 e. The van der Waals surface area contributed by atoms with Gasteiger partial charge in [-0.1, -0.05) is 11.2 Å². The molecule has 1 aromatic heterocycles. The average molecular weight is 276 g/mol. The van der Waals surface area contributed by atoms with Crippen molar-refractivity contribution in [1.82, 2.24) is 5.16 Å². The first kappa shape index (κ1) is 12.8. The number of rotatable bonds is 4. The SMILES string of the molecule is COc1ccc(-c2cnoc2N)cc1OC1CCOC1. The van der Waals surface area contributed by atoms with Gasteiger partial charge < -0.3 is 24.5 Å². The first-order valence-electron chi connectivity index (χ1n) is 6.41. The molecule has 0 aliphatic carbocycles. The summed E-state index contributed by atoms with van der Waals surface area (Å²) in [5, 5.41) is 3.68. The zero-order valence-electron chi connectivity index (χ0n) is 11.2. The number of nitrogen functional groups attached to an aromatic ring is 1. The molecule has 3 rings (SSSR count). The molecule has 20 heavy (non-hydrogen) atoms. The van der Waals surface area contributed by atoms with Crippen LogP contribution in [0.15, 0.2) is 28.9 Å². The van der Waals surface area contributed by atoms with Gasteiger partial charge in [0.25, 0.3) is 0 Å². The maximum Gasteiger partial charge on any atom is 0.229 e. The summed E-state index contributed by atoms with van der Waals surface area (Å²) >= 11 is 0. The molecule has 2 aromatic rings. The highest BCUT2D eigenvalue weighted by Gasteiger charge is 2.20. The van der Waals surface area contributed by atoms with Crippen LogP contribution in [0.4, 0.5) is 5.88 Å². The molecule has 1 aromatic carbocycles. The predicted octanol–water partition coefficient (Wildman–Crippen LogP) is 2.10. The van der Waals surface area contributed by atoms with Crippen molar-refractivity contribution >= 4 is 5.88 Å². The molecule has 0 spiro atoms. The standard InChI is InChI=1S/C14H16N2O4/c1-17-12-3-2-9(11-7-16-20-14(11)15)6-13(12)19-10-4-5-18-8-10/h2-3,6-7,10H,4-5,8,15H2,1H3. The van der Waals surface area contributed by atoms with Gasteiger partial charge in [-0.2, -0.15) is 0 Å². The molecule has 1 aliphatic rings. The van der Waals surface area contributed by atoms with E-state index in [1.165, 1.54) is 0 Å². The van der Waals surface area contributed by atoms with Crippen LogP contribution in [-0.4, -0.2) is 31.6 Å². The van der Waals surface area contributed by atoms with Crippen molar-refractivity contribution in [3.63, 3.8) is 0 Å². The van der Waals surface area contributed by atoms with E-state index < -0.39 is 0 Å². The number of aromatic nitrogens is 1. The van der Waals surface area contributed by atoms with Crippen LogP contribution >= 0.6 is 0 Å². The highest BCUT2D eigenvalue weighted by molar-refractivity contribution is 5.74. The van der Waals surface area contributed by atoms with Crippen molar-refractivity contribution in [2.75, 3.05) is 26.1 Å². The Morgan fingerprint density at radius 1 is 1.35 bits per heavy atom. The molecule has 1 aliphatic heterocycles. The normalized spacial score (nSPS) is 18.1. The Labute approximate surface area is 116 Å². The summed E-state index contributed by atoms with van der Waals surface area (Å²) < 4.78 is 21.5. The van der Waals surface area contributed by atoms with E-state index in [0.717, 1.165) is 24.2 Å². The molecule has 2 N–H and O–H groups in total. The number of nitrogens with two attached hydrogens (primary N) is 1. The molecular formula is C14H16N2O4. The van der Waals surface area contributed by atoms with Gasteiger partial charge in [-0.05, 0) is 17.7 Å². The lowest BCUT2D eigenvalue weighted by Gasteiger charge is -2.15. The quantitative estimate of drug-likeness (QED) is 0.921. The van der Waals surface area contributed by atoms with E-state index in [-0.39, 0.29) is 12.0 Å². The zero-order valence-corrected chi connectivity index (χ0v) is 11.2. The van der Waals surface area contributed by atoms with Crippen molar-refractivity contribution in [3.05, 3.63) is 24.4 Å². The molecule has 0 amide bonds. The van der Waals surface area contributed by atoms with Gasteiger partial charge in [0.2, 0.25) is 5.88 Å². The molecule has 106 valence electrons. The van der Waals surface area contributed by atoms with E-state index in [2.05, 4.69) is 5.16 Å². The fourth-order valence-electron chi connectivity index (χ4n) is 2.19. The van der Waals surface area contributed by atoms with Gasteiger partial charge in [0.15, 0.2) is 11.5 Å². The van der Waals surface area contributed by atoms with Gasteiger partial charge in [0.1, 0.15) is 6.10 Å². The van der Waals surface area contributed by atoms with Crippen molar-refractivity contribution in [2.45, 2.75) is 12.5 Å². The Morgan fingerprint density at radius 2 is 2.25 bits per heavy atom. The fourth-order valence-corrected chi connectivity index (χ4v) is 2.19. The summed E-state index contributed by atoms with van der Waals surface area (Å²) in [7, 11) is 1.61. The maximum atomic E-state index is 5.93. The highest BCUT2D eigenvalue weighted by atomic mass is 16.6. The summed E-state index contributed by atoms with van der Waals surface area (Å²) in [4.78, 5) is 0. The number of anilines is 1. The Kier molecular flexibility index (Phi) is 3.47. The van der Waals surface area contributed by atoms with Crippen molar-refractivity contribution in [2.24, 2.45) is 0 Å². The minimum atomic E-state index is 0.0546. The number of hydrogen-bond donors (Lipinski definition) is 1. The van der Waals surface area contributed by atoms with E-state index in [1.54, 1.807) is 13.3 Å². The Balaban J connectivity index is 1.92. The lowest BCUT2D eigenvalue weighted by atomic mass is 10.1. The predicted molar refractivity (Wildman–Crippen MR) is 72.8 cm³/mol. The molecule has 1 fully saturated rings. The third-order valence-corrected chi connectivity index (χ3v) is 3.25. The average Bonchev–Trinajstić information content (AvgIpc) is 3.10. The van der Waals surface area contributed by atoms with Gasteiger partial charge in [0, 0.05) is 6.42 Å². The van der Waals surface area contributed by atoms with Crippen LogP contribution < -0.4 is 15.2 Å². The molecule has 2 heterocycles. The molecule has 1 atom stereocenters. The second-order valence-electron chi connectivity index (χ2n) is 4.57. The lowest BCUT2D eigenvalue weighted by Crippen LogP contribution is -2.16. The topological polar surface area (TPSA) is 79.7 Å². The van der Waals surface area contributed by atoms with Gasteiger partial charge >= 0.3 is 0 Å². The van der Waals surface area contributed by atoms with E-state index in [0.29, 0.717) is 18.1 Å². The number of methoxy groups -OCH3 is 1. The van der Waals surface area contributed by atoms with Crippen LogP contribution in [-0.2, 0) is 4.74 Å². The Hall–Kier alpha value is -2.21. The number of nitrogens with zero attached hydrogens (tertiary/aromatic N) is 1. The Morgan fingerprint density at radius 3 is 2.90 bits per heavy atom. The number of benzene rings is 1. The van der Waals surface area contributed by atoms with Crippen LogP contribution in [0.2, 0.25) is 0 Å². The number of hydrogen-bond acceptors (Lipinski definition) is 6. The van der Waals surface area contributed by atoms with Gasteiger partial charge in [0.05, 0.1) is 32.1 Å². The zero-order chi connectivity index (χ0) is 13.9. The summed E-state index contributed by atoms with van der Waals surface area (Å²) in [6.45, 7) is 1.33. The van der Waals surface area contributed by atoms with Crippen LogP contribution in [0, 0.1) is 0 Å². The van der Waals surface area contributed by atoms with E-state index >= 15 is 0 Å². The monoisotopic (exact) mass is 276 g/mol. The summed E-state index contributed by atoms with van der Waals surface area (Å²) in [5.41, 5.74) is 7.35. The molecule has 1 unspecified atom stereocenters. The maximum absolute atomic E-state index is 5.93. The van der Waals surface area contributed by atoms with Crippen LogP contribution in [0.3, 0.4) is 0 Å². The molecule has 1 saturated heterocycles. The highest BCUT2D eigenvalue weighted by Crippen LogP contribution is 2.35. The van der Waals surface area contributed by atoms with E-state index in [9.17, 15) is 0 Å². The van der Waals surface area contributed by atoms with Crippen LogP contribution in [0.1, 0.15) is 6.42 Å². The van der Waals surface area contributed by atoms with Crippen LogP contribution in [0.25, 0.3) is 11.1 Å². The first-order chi connectivity index (χ1) is 9.78. The van der Waals surface area contributed by atoms with Crippen molar-refractivity contribution in [1.29, 1.82) is 0 Å². The molecule has 0 radical (unpaired) electrons. The van der Waals surface area contributed by atoms with Gasteiger partial charge in [-0.25, -0.2) is 0 Å². The molecule has 0 bridgehead atoms. The molecule has 6 nitrogen and oxygen atoms in total. The second kappa shape index (κ2) is 5.42. The van der Waals surface area contributed by atoms with Crippen LogP contribution in [0.5, 0.6) is 11.5 Å². The van der Waals surface area contributed by atoms with Gasteiger partial charge in [-0.3, -0.25) is 0 Å². The fraction of sp³-hybridized carbons (Fsp3) is 0.357. The second-order valence-corrected chi connectivity index (χ2v) is 4.57. The minimum absolute atomic E-state index is 0.0546. The Bertz CT molecular complexity index is 591. The minimum Gasteiger partial charge on any atom is -0.493 e. The van der Waals surface area contributed by atoms with E-state index in [1.807, 2.05) is 18.2 Å². The van der Waals surface area contributed by atoms with E-state index in [4.69, 9.17) is 24.5 Å². The molecular weight excluding hydrogens is 260 g/mol. The lowest BCUT2D eigenvalue weighted by molar-refractivity contribution is 0.138. The molecule has 6 heteroatoms. The third kappa shape index (κ3) is 2.42. The van der Waals surface area contributed by atoms with Gasteiger partial charge in [-0.15, -0.1) is 0 Å². The summed E-state index contributed by atoms with van der Waals surface area (Å²) in [5.74, 6) is 1.63. The summed E-state index contributed by atoms with van der Waals surface area (Å²) in [6, 6.07) is 5.60. The summed E-state index contributed by atoms with van der Waals surface area (Å²) in [6.07, 6.45) is 2.52. The molecule has 0 saturated carbocycles. The largest absolute Gasteiger partial charge is 0.493 e. The first-order valence-corrected chi connectivity index (χ1v) is 6.41. The van der Waals surface area contributed by atoms with Crippen molar-refractivity contribution in [3.8, 4) is 22.6 Å².